The molecule has 24 heavy (non-hydrogen) atoms. The molecule has 0 spiro atoms. The number of carbonyl (C=O) groups excluding carboxylic acids is 1. The van der Waals surface area contributed by atoms with Gasteiger partial charge in [0.05, 0.1) is 22.8 Å². The summed E-state index contributed by atoms with van der Waals surface area (Å²) < 4.78 is 17.9. The molecule has 1 atom stereocenters. The number of nitrogens with one attached hydrogen (secondary N) is 2. The smallest absolute Gasteiger partial charge is 0.240 e. The van der Waals surface area contributed by atoms with Gasteiger partial charge in [-0.25, -0.2) is 9.37 Å². The summed E-state index contributed by atoms with van der Waals surface area (Å²) in [5.41, 5.74) is 2.28. The van der Waals surface area contributed by atoms with Gasteiger partial charge in [0.15, 0.2) is 5.16 Å². The SMILES string of the molecule is Cc1cc(NC(=O)C(C)Sc2ncc(-c3ccc(F)cc3)[nH]2)on1. The zero-order chi connectivity index (χ0) is 17.1. The van der Waals surface area contributed by atoms with Crippen LogP contribution < -0.4 is 5.32 Å². The molecule has 0 bridgehead atoms. The summed E-state index contributed by atoms with van der Waals surface area (Å²) in [5.74, 6) is -0.187. The van der Waals surface area contributed by atoms with Crippen molar-refractivity contribution in [2.75, 3.05) is 5.32 Å². The van der Waals surface area contributed by atoms with E-state index in [0.29, 0.717) is 16.7 Å². The molecular weight excluding hydrogens is 331 g/mol. The van der Waals surface area contributed by atoms with Gasteiger partial charge in [-0.15, -0.1) is 0 Å². The summed E-state index contributed by atoms with van der Waals surface area (Å²) in [6.45, 7) is 3.54. The van der Waals surface area contributed by atoms with Crippen LogP contribution >= 0.6 is 11.8 Å². The molecule has 1 unspecified atom stereocenters. The Morgan fingerprint density at radius 3 is 2.79 bits per heavy atom. The number of rotatable bonds is 5. The zero-order valence-electron chi connectivity index (χ0n) is 13.0. The maximum absolute atomic E-state index is 13.0. The third kappa shape index (κ3) is 3.83. The van der Waals surface area contributed by atoms with Crippen LogP contribution in [0.15, 0.2) is 46.2 Å². The predicted molar refractivity (Wildman–Crippen MR) is 89.2 cm³/mol. The first-order valence-corrected chi connectivity index (χ1v) is 8.11. The topological polar surface area (TPSA) is 83.8 Å². The van der Waals surface area contributed by atoms with E-state index in [1.54, 1.807) is 38.2 Å². The van der Waals surface area contributed by atoms with E-state index in [1.165, 1.54) is 23.9 Å². The Labute approximate surface area is 141 Å². The number of aromatic amines is 1. The number of anilines is 1. The average Bonchev–Trinajstić information content (AvgIpc) is 3.17. The van der Waals surface area contributed by atoms with Gasteiger partial charge in [-0.05, 0) is 43.7 Å². The summed E-state index contributed by atoms with van der Waals surface area (Å²) in [5, 5.41) is 6.59. The highest BCUT2D eigenvalue weighted by Crippen LogP contribution is 2.25. The van der Waals surface area contributed by atoms with Crippen LogP contribution in [0.1, 0.15) is 12.6 Å². The highest BCUT2D eigenvalue weighted by molar-refractivity contribution is 8.00. The molecule has 3 aromatic rings. The molecule has 6 nitrogen and oxygen atoms in total. The maximum atomic E-state index is 13.0. The minimum absolute atomic E-state index is 0.212. The molecule has 0 aliphatic carbocycles. The van der Waals surface area contributed by atoms with Gasteiger partial charge in [0.25, 0.3) is 0 Å². The highest BCUT2D eigenvalue weighted by Gasteiger charge is 2.18. The fourth-order valence-electron chi connectivity index (χ4n) is 2.01. The number of amides is 1. The van der Waals surface area contributed by atoms with Crippen molar-refractivity contribution < 1.29 is 13.7 Å². The molecule has 1 aromatic carbocycles. The van der Waals surface area contributed by atoms with Crippen molar-refractivity contribution >= 4 is 23.6 Å². The van der Waals surface area contributed by atoms with E-state index >= 15 is 0 Å². The van der Waals surface area contributed by atoms with E-state index in [4.69, 9.17) is 4.52 Å². The number of halogens is 1. The fraction of sp³-hybridized carbons (Fsp3) is 0.188. The monoisotopic (exact) mass is 346 g/mol. The lowest BCUT2D eigenvalue weighted by Crippen LogP contribution is -2.22. The number of hydrogen-bond acceptors (Lipinski definition) is 5. The average molecular weight is 346 g/mol. The molecular formula is C16H15FN4O2S. The third-order valence-corrected chi connectivity index (χ3v) is 4.24. The lowest BCUT2D eigenvalue weighted by molar-refractivity contribution is -0.115. The number of aryl methyl sites for hydroxylation is 1. The number of H-pyrrole nitrogens is 1. The van der Waals surface area contributed by atoms with Crippen molar-refractivity contribution in [3.05, 3.63) is 48.0 Å². The largest absolute Gasteiger partial charge is 0.338 e. The zero-order valence-corrected chi connectivity index (χ0v) is 13.9. The molecule has 0 radical (unpaired) electrons. The quantitative estimate of drug-likeness (QED) is 0.689. The Morgan fingerprint density at radius 2 is 2.12 bits per heavy atom. The Bertz CT molecular complexity index is 844. The molecule has 0 saturated heterocycles. The number of aromatic nitrogens is 3. The van der Waals surface area contributed by atoms with Crippen molar-refractivity contribution in [1.82, 2.24) is 15.1 Å². The first-order chi connectivity index (χ1) is 11.5. The number of carbonyl (C=O) groups is 1. The van der Waals surface area contributed by atoms with Crippen molar-refractivity contribution in [2.45, 2.75) is 24.3 Å². The standard InChI is InChI=1S/C16H15FN4O2S/c1-9-7-14(23-21-9)20-15(22)10(2)24-16-18-8-13(19-16)11-3-5-12(17)6-4-11/h3-8,10H,1-2H3,(H,18,19)(H,20,22). The second kappa shape index (κ2) is 6.88. The van der Waals surface area contributed by atoms with Gasteiger partial charge in [-0.2, -0.15) is 0 Å². The number of thioether (sulfide) groups is 1. The lowest BCUT2D eigenvalue weighted by atomic mass is 10.2. The number of hydrogen-bond donors (Lipinski definition) is 2. The van der Waals surface area contributed by atoms with E-state index in [0.717, 1.165) is 11.3 Å². The van der Waals surface area contributed by atoms with Gasteiger partial charge in [0.2, 0.25) is 11.8 Å². The van der Waals surface area contributed by atoms with Crippen LogP contribution in [0.4, 0.5) is 10.3 Å². The van der Waals surface area contributed by atoms with Crippen LogP contribution in [0.5, 0.6) is 0 Å². The molecule has 1 amide bonds. The highest BCUT2D eigenvalue weighted by atomic mass is 32.2. The van der Waals surface area contributed by atoms with Gasteiger partial charge in [-0.1, -0.05) is 16.9 Å². The summed E-state index contributed by atoms with van der Waals surface area (Å²) in [6.07, 6.45) is 1.65. The van der Waals surface area contributed by atoms with Crippen LogP contribution in [0.3, 0.4) is 0 Å². The molecule has 0 aliphatic rings. The predicted octanol–water partition coefficient (Wildman–Crippen LogP) is 3.63. The van der Waals surface area contributed by atoms with Crippen LogP contribution in [0.2, 0.25) is 0 Å². The molecule has 0 fully saturated rings. The minimum Gasteiger partial charge on any atom is -0.338 e. The van der Waals surface area contributed by atoms with Crippen LogP contribution in [0.25, 0.3) is 11.3 Å². The molecule has 3 rings (SSSR count). The van der Waals surface area contributed by atoms with Gasteiger partial charge < -0.3 is 9.51 Å². The summed E-state index contributed by atoms with van der Waals surface area (Å²) in [7, 11) is 0. The number of imidazole rings is 1. The van der Waals surface area contributed by atoms with E-state index < -0.39 is 0 Å². The summed E-state index contributed by atoms with van der Waals surface area (Å²) in [4.78, 5) is 19.5. The van der Waals surface area contributed by atoms with Crippen molar-refractivity contribution in [3.63, 3.8) is 0 Å². The van der Waals surface area contributed by atoms with Crippen molar-refractivity contribution in [2.24, 2.45) is 0 Å². The van der Waals surface area contributed by atoms with Crippen molar-refractivity contribution in [3.8, 4) is 11.3 Å². The van der Waals surface area contributed by atoms with Gasteiger partial charge in [-0.3, -0.25) is 10.1 Å². The first kappa shape index (κ1) is 16.3. The van der Waals surface area contributed by atoms with Gasteiger partial charge >= 0.3 is 0 Å². The number of nitrogens with zero attached hydrogens (tertiary/aromatic N) is 2. The van der Waals surface area contributed by atoms with Gasteiger partial charge in [0.1, 0.15) is 5.82 Å². The first-order valence-electron chi connectivity index (χ1n) is 7.23. The van der Waals surface area contributed by atoms with Crippen LogP contribution in [0, 0.1) is 12.7 Å². The second-order valence-corrected chi connectivity index (χ2v) is 6.52. The molecule has 0 saturated carbocycles. The Balaban J connectivity index is 1.63. The lowest BCUT2D eigenvalue weighted by Gasteiger charge is -2.08. The van der Waals surface area contributed by atoms with Gasteiger partial charge in [0, 0.05) is 6.07 Å². The summed E-state index contributed by atoms with van der Waals surface area (Å²) in [6, 6.07) is 7.76. The normalized spacial score (nSPS) is 12.1. The van der Waals surface area contributed by atoms with E-state index in [1.807, 2.05) is 0 Å². The molecule has 124 valence electrons. The van der Waals surface area contributed by atoms with E-state index in [2.05, 4.69) is 20.4 Å². The fourth-order valence-corrected chi connectivity index (χ4v) is 2.79. The van der Waals surface area contributed by atoms with E-state index in [9.17, 15) is 9.18 Å². The molecule has 2 N–H and O–H groups in total. The Hall–Kier alpha value is -2.61. The third-order valence-electron chi connectivity index (χ3n) is 3.24. The molecule has 2 aromatic heterocycles. The van der Waals surface area contributed by atoms with Crippen molar-refractivity contribution in [1.29, 1.82) is 0 Å². The molecule has 2 heterocycles. The molecule has 8 heteroatoms. The Kier molecular flexibility index (Phi) is 4.66. The van der Waals surface area contributed by atoms with Crippen LogP contribution in [-0.4, -0.2) is 26.3 Å². The van der Waals surface area contributed by atoms with E-state index in [-0.39, 0.29) is 17.0 Å². The molecule has 0 aliphatic heterocycles. The Morgan fingerprint density at radius 1 is 1.38 bits per heavy atom. The maximum Gasteiger partial charge on any atom is 0.240 e. The number of benzene rings is 1. The second-order valence-electron chi connectivity index (χ2n) is 5.19. The van der Waals surface area contributed by atoms with Crippen LogP contribution in [-0.2, 0) is 4.79 Å². The summed E-state index contributed by atoms with van der Waals surface area (Å²) >= 11 is 1.28. The minimum atomic E-state index is -0.386.